The highest BCUT2D eigenvalue weighted by molar-refractivity contribution is 5.30. The summed E-state index contributed by atoms with van der Waals surface area (Å²) < 4.78 is 5.44. The topological polar surface area (TPSA) is 55.5 Å². The van der Waals surface area contributed by atoms with Crippen LogP contribution < -0.4 is 10.5 Å². The van der Waals surface area contributed by atoms with Crippen molar-refractivity contribution < 1.29 is 9.84 Å². The van der Waals surface area contributed by atoms with E-state index in [1.54, 1.807) is 6.92 Å². The van der Waals surface area contributed by atoms with E-state index >= 15 is 0 Å². The predicted octanol–water partition coefficient (Wildman–Crippen LogP) is 1.64. The van der Waals surface area contributed by atoms with Gasteiger partial charge in [-0.15, -0.1) is 0 Å². The molecule has 15 heavy (non-hydrogen) atoms. The second-order valence-corrected chi connectivity index (χ2v) is 3.85. The number of rotatable bonds is 5. The normalized spacial score (nSPS) is 14.7. The van der Waals surface area contributed by atoms with E-state index in [0.717, 1.165) is 17.7 Å². The van der Waals surface area contributed by atoms with Crippen LogP contribution in [0.4, 0.5) is 0 Å². The van der Waals surface area contributed by atoms with E-state index in [0.29, 0.717) is 6.61 Å². The first-order valence-corrected chi connectivity index (χ1v) is 5.26. The lowest BCUT2D eigenvalue weighted by Gasteiger charge is -2.21. The monoisotopic (exact) mass is 209 g/mol. The van der Waals surface area contributed by atoms with Gasteiger partial charge in [-0.3, -0.25) is 0 Å². The molecule has 3 N–H and O–H groups in total. The fourth-order valence-corrected chi connectivity index (χ4v) is 1.25. The van der Waals surface area contributed by atoms with Crippen LogP contribution in [0.25, 0.3) is 0 Å². The van der Waals surface area contributed by atoms with Gasteiger partial charge in [0.15, 0.2) is 0 Å². The van der Waals surface area contributed by atoms with Crippen molar-refractivity contribution in [2.45, 2.75) is 25.9 Å². The van der Waals surface area contributed by atoms with Crippen LogP contribution in [-0.4, -0.2) is 18.3 Å². The maximum atomic E-state index is 9.90. The summed E-state index contributed by atoms with van der Waals surface area (Å²) in [5.74, 6) is 0.827. The van der Waals surface area contributed by atoms with Gasteiger partial charge in [-0.25, -0.2) is 0 Å². The molecule has 0 bridgehead atoms. The van der Waals surface area contributed by atoms with Gasteiger partial charge in [0.2, 0.25) is 0 Å². The molecular formula is C12H19NO2. The third-order valence-electron chi connectivity index (χ3n) is 2.35. The van der Waals surface area contributed by atoms with Crippen LogP contribution in [0.1, 0.15) is 25.8 Å². The molecule has 0 aliphatic carbocycles. The van der Waals surface area contributed by atoms with E-state index in [9.17, 15) is 5.11 Å². The average Bonchev–Trinajstić information content (AvgIpc) is 2.27. The highest BCUT2D eigenvalue weighted by atomic mass is 16.5. The van der Waals surface area contributed by atoms with Crippen LogP contribution in [0.5, 0.6) is 5.75 Å². The van der Waals surface area contributed by atoms with Crippen molar-refractivity contribution in [1.29, 1.82) is 0 Å². The molecule has 84 valence electrons. The minimum atomic E-state index is -0.955. The first-order valence-electron chi connectivity index (χ1n) is 5.26. The number of hydrogen-bond donors (Lipinski definition) is 2. The number of nitrogens with two attached hydrogens (primary N) is 1. The Morgan fingerprint density at radius 2 is 1.93 bits per heavy atom. The SMILES string of the molecule is CCCOc1ccc([C@](C)(O)CN)cc1. The number of ether oxygens (including phenoxy) is 1. The molecule has 3 heteroatoms. The van der Waals surface area contributed by atoms with Gasteiger partial charge in [-0.2, -0.15) is 0 Å². The third kappa shape index (κ3) is 3.22. The van der Waals surface area contributed by atoms with Crippen molar-refractivity contribution in [3.8, 4) is 5.75 Å². The Hall–Kier alpha value is -1.06. The second-order valence-electron chi connectivity index (χ2n) is 3.85. The molecule has 0 spiro atoms. The second kappa shape index (κ2) is 5.14. The summed E-state index contributed by atoms with van der Waals surface area (Å²) in [5, 5.41) is 9.90. The summed E-state index contributed by atoms with van der Waals surface area (Å²) in [7, 11) is 0. The lowest BCUT2D eigenvalue weighted by molar-refractivity contribution is 0.0668. The summed E-state index contributed by atoms with van der Waals surface area (Å²) in [6.45, 7) is 4.69. The summed E-state index contributed by atoms with van der Waals surface area (Å²) in [4.78, 5) is 0. The Morgan fingerprint density at radius 3 is 2.40 bits per heavy atom. The number of benzene rings is 1. The Balaban J connectivity index is 2.72. The average molecular weight is 209 g/mol. The molecule has 0 saturated carbocycles. The Labute approximate surface area is 90.9 Å². The molecular weight excluding hydrogens is 190 g/mol. The van der Waals surface area contributed by atoms with Gasteiger partial charge in [0.25, 0.3) is 0 Å². The summed E-state index contributed by atoms with van der Waals surface area (Å²) >= 11 is 0. The Morgan fingerprint density at radius 1 is 1.33 bits per heavy atom. The largest absolute Gasteiger partial charge is 0.494 e. The molecule has 0 fully saturated rings. The molecule has 1 aromatic carbocycles. The first-order chi connectivity index (χ1) is 7.10. The minimum Gasteiger partial charge on any atom is -0.494 e. The zero-order valence-electron chi connectivity index (χ0n) is 9.36. The molecule has 0 aromatic heterocycles. The maximum absolute atomic E-state index is 9.90. The molecule has 0 unspecified atom stereocenters. The zero-order chi connectivity index (χ0) is 11.3. The molecule has 3 nitrogen and oxygen atoms in total. The molecule has 0 amide bonds. The smallest absolute Gasteiger partial charge is 0.119 e. The first kappa shape index (κ1) is 12.0. The molecule has 1 atom stereocenters. The van der Waals surface area contributed by atoms with Crippen LogP contribution in [-0.2, 0) is 5.60 Å². The molecule has 0 saturated heterocycles. The van der Waals surface area contributed by atoms with Crippen molar-refractivity contribution in [3.05, 3.63) is 29.8 Å². The van der Waals surface area contributed by atoms with Gasteiger partial charge in [0.05, 0.1) is 12.2 Å². The van der Waals surface area contributed by atoms with Crippen molar-refractivity contribution in [1.82, 2.24) is 0 Å². The lowest BCUT2D eigenvalue weighted by Crippen LogP contribution is -2.31. The summed E-state index contributed by atoms with van der Waals surface area (Å²) in [6, 6.07) is 7.40. The van der Waals surface area contributed by atoms with Crippen LogP contribution in [0.3, 0.4) is 0 Å². The standard InChI is InChI=1S/C12H19NO2/c1-3-8-15-11-6-4-10(5-7-11)12(2,14)9-13/h4-7,14H,3,8-9,13H2,1-2H3/t12-/m1/s1. The van der Waals surface area contributed by atoms with Gasteiger partial charge in [-0.05, 0) is 31.0 Å². The van der Waals surface area contributed by atoms with Crippen molar-refractivity contribution in [3.63, 3.8) is 0 Å². The highest BCUT2D eigenvalue weighted by Gasteiger charge is 2.20. The molecule has 0 aliphatic heterocycles. The maximum Gasteiger partial charge on any atom is 0.119 e. The number of aliphatic hydroxyl groups is 1. The van der Waals surface area contributed by atoms with Crippen molar-refractivity contribution in [2.75, 3.05) is 13.2 Å². The van der Waals surface area contributed by atoms with Gasteiger partial charge in [0.1, 0.15) is 5.75 Å². The minimum absolute atomic E-state index is 0.210. The van der Waals surface area contributed by atoms with Gasteiger partial charge >= 0.3 is 0 Å². The van der Waals surface area contributed by atoms with E-state index in [4.69, 9.17) is 10.5 Å². The van der Waals surface area contributed by atoms with Crippen LogP contribution >= 0.6 is 0 Å². The zero-order valence-corrected chi connectivity index (χ0v) is 9.36. The highest BCUT2D eigenvalue weighted by Crippen LogP contribution is 2.21. The van der Waals surface area contributed by atoms with E-state index in [1.807, 2.05) is 24.3 Å². The van der Waals surface area contributed by atoms with Gasteiger partial charge < -0.3 is 15.6 Å². The van der Waals surface area contributed by atoms with Gasteiger partial charge in [0, 0.05) is 6.54 Å². The van der Waals surface area contributed by atoms with Crippen LogP contribution in [0.2, 0.25) is 0 Å². The molecule has 1 rings (SSSR count). The summed E-state index contributed by atoms with van der Waals surface area (Å²) in [6.07, 6.45) is 0.988. The fourth-order valence-electron chi connectivity index (χ4n) is 1.25. The fraction of sp³-hybridized carbons (Fsp3) is 0.500. The predicted molar refractivity (Wildman–Crippen MR) is 60.9 cm³/mol. The molecule has 0 heterocycles. The molecule has 0 aliphatic rings. The third-order valence-corrected chi connectivity index (χ3v) is 2.35. The molecule has 1 aromatic rings. The Bertz CT molecular complexity index is 293. The van der Waals surface area contributed by atoms with Crippen LogP contribution in [0.15, 0.2) is 24.3 Å². The van der Waals surface area contributed by atoms with E-state index in [-0.39, 0.29) is 6.54 Å². The van der Waals surface area contributed by atoms with E-state index < -0.39 is 5.60 Å². The van der Waals surface area contributed by atoms with Crippen molar-refractivity contribution >= 4 is 0 Å². The summed E-state index contributed by atoms with van der Waals surface area (Å²) in [5.41, 5.74) is 5.33. The van der Waals surface area contributed by atoms with E-state index in [1.165, 1.54) is 0 Å². The van der Waals surface area contributed by atoms with Gasteiger partial charge in [-0.1, -0.05) is 19.1 Å². The quantitative estimate of drug-likeness (QED) is 0.775. The van der Waals surface area contributed by atoms with Crippen LogP contribution in [0, 0.1) is 0 Å². The number of hydrogen-bond acceptors (Lipinski definition) is 3. The van der Waals surface area contributed by atoms with E-state index in [2.05, 4.69) is 6.92 Å². The van der Waals surface area contributed by atoms with Crippen molar-refractivity contribution in [2.24, 2.45) is 5.73 Å². The Kier molecular flexibility index (Phi) is 4.12. The lowest BCUT2D eigenvalue weighted by atomic mass is 9.96. The molecule has 0 radical (unpaired) electrons.